The van der Waals surface area contributed by atoms with Crippen LogP contribution in [0.3, 0.4) is 0 Å². The van der Waals surface area contributed by atoms with Gasteiger partial charge in [-0.25, -0.2) is 0 Å². The second-order valence-electron chi connectivity index (χ2n) is 1.53. The van der Waals surface area contributed by atoms with E-state index in [9.17, 15) is 0 Å². The molecule has 0 spiro atoms. The molecule has 0 saturated carbocycles. The fourth-order valence-electron chi connectivity index (χ4n) is 0.283. The van der Waals surface area contributed by atoms with Crippen LogP contribution in [0, 0.1) is 12.3 Å². The SMILES string of the molecule is C#CC.CC.CC.CC/C=C\C=NC. The lowest BCUT2D eigenvalue weighted by Crippen LogP contribution is -1.59. The molecule has 84 valence electrons. The Morgan fingerprint density at radius 3 is 1.79 bits per heavy atom. The third kappa shape index (κ3) is 124. The maximum absolute atomic E-state index is 4.60. The minimum Gasteiger partial charge on any atom is -0.297 e. The van der Waals surface area contributed by atoms with Crippen LogP contribution in [0.5, 0.6) is 0 Å². The van der Waals surface area contributed by atoms with Crippen molar-refractivity contribution in [1.82, 2.24) is 0 Å². The van der Waals surface area contributed by atoms with E-state index in [1.165, 1.54) is 0 Å². The Morgan fingerprint density at radius 2 is 1.57 bits per heavy atom. The number of allylic oxidation sites excluding steroid dienone is 2. The minimum atomic E-state index is 1.09. The van der Waals surface area contributed by atoms with Gasteiger partial charge in [0.05, 0.1) is 0 Å². The quantitative estimate of drug-likeness (QED) is 0.461. The van der Waals surface area contributed by atoms with Crippen LogP contribution in [0.25, 0.3) is 0 Å². The highest BCUT2D eigenvalue weighted by Crippen LogP contribution is 1.74. The van der Waals surface area contributed by atoms with Crippen LogP contribution in [0.1, 0.15) is 48.0 Å². The van der Waals surface area contributed by atoms with E-state index < -0.39 is 0 Å². The molecule has 0 amide bonds. The fraction of sp³-hybridized carbons (Fsp3) is 0.615. The molecule has 0 aromatic heterocycles. The van der Waals surface area contributed by atoms with Gasteiger partial charge in [-0.2, -0.15) is 0 Å². The van der Waals surface area contributed by atoms with E-state index in [4.69, 9.17) is 0 Å². The predicted octanol–water partition coefficient (Wildman–Crippen LogP) is 4.35. The smallest absolute Gasteiger partial charge is 0.0277 e. The van der Waals surface area contributed by atoms with Gasteiger partial charge in [0, 0.05) is 13.3 Å². The maximum atomic E-state index is 4.60. The summed E-state index contributed by atoms with van der Waals surface area (Å²) in [5, 5.41) is 0. The molecule has 0 rings (SSSR count). The molecule has 1 nitrogen and oxygen atoms in total. The van der Waals surface area contributed by atoms with Gasteiger partial charge in [0.2, 0.25) is 0 Å². The van der Waals surface area contributed by atoms with Gasteiger partial charge >= 0.3 is 0 Å². The van der Waals surface area contributed by atoms with Crippen LogP contribution in [-0.4, -0.2) is 13.3 Å². The summed E-state index contributed by atoms with van der Waals surface area (Å²) in [5.41, 5.74) is 0. The van der Waals surface area contributed by atoms with Crippen molar-refractivity contribution in [2.75, 3.05) is 7.05 Å². The lowest BCUT2D eigenvalue weighted by molar-refractivity contribution is 1.23. The van der Waals surface area contributed by atoms with Crippen LogP contribution in [0.4, 0.5) is 0 Å². The van der Waals surface area contributed by atoms with Crippen molar-refractivity contribution in [1.29, 1.82) is 0 Å². The van der Waals surface area contributed by atoms with Gasteiger partial charge in [-0.1, -0.05) is 40.7 Å². The third-order valence-electron chi connectivity index (χ3n) is 0.607. The molecule has 14 heavy (non-hydrogen) atoms. The molecule has 0 N–H and O–H groups in total. The third-order valence-corrected chi connectivity index (χ3v) is 0.607. The zero-order valence-corrected chi connectivity index (χ0v) is 11.0. The van der Waals surface area contributed by atoms with Crippen LogP contribution < -0.4 is 0 Å². The summed E-state index contributed by atoms with van der Waals surface area (Å²) in [7, 11) is 1.76. The average Bonchev–Trinajstić information content (AvgIpc) is 2.26. The van der Waals surface area contributed by atoms with Gasteiger partial charge in [-0.3, -0.25) is 4.99 Å². The second kappa shape index (κ2) is 58.3. The van der Waals surface area contributed by atoms with Gasteiger partial charge < -0.3 is 0 Å². The Kier molecular flexibility index (Phi) is 96.2. The van der Waals surface area contributed by atoms with Gasteiger partial charge in [-0.15, -0.1) is 12.3 Å². The summed E-state index contributed by atoms with van der Waals surface area (Å²) in [6.07, 6.45) is 11.5. The number of hydrogen-bond acceptors (Lipinski definition) is 1. The monoisotopic (exact) mass is 197 g/mol. The number of nitrogens with zero attached hydrogens (tertiary/aromatic N) is 1. The van der Waals surface area contributed by atoms with Crippen LogP contribution in [0.15, 0.2) is 17.1 Å². The summed E-state index contributed by atoms with van der Waals surface area (Å²) < 4.78 is 0. The number of terminal acetylenes is 1. The van der Waals surface area contributed by atoms with Crippen molar-refractivity contribution in [3.05, 3.63) is 12.2 Å². The molecule has 0 aliphatic heterocycles. The average molecular weight is 197 g/mol. The molecule has 0 aromatic carbocycles. The van der Waals surface area contributed by atoms with Gasteiger partial charge in [0.1, 0.15) is 0 Å². The first-order valence-electron chi connectivity index (χ1n) is 5.28. The first-order valence-corrected chi connectivity index (χ1v) is 5.28. The summed E-state index contributed by atoms with van der Waals surface area (Å²) >= 11 is 0. The molecule has 0 aliphatic rings. The Hall–Kier alpha value is -1.03. The zero-order valence-electron chi connectivity index (χ0n) is 11.0. The van der Waals surface area contributed by atoms with E-state index in [-0.39, 0.29) is 0 Å². The lowest BCUT2D eigenvalue weighted by Gasteiger charge is -1.70. The summed E-state index contributed by atoms with van der Waals surface area (Å²) in [6, 6.07) is 0. The molecule has 0 fully saturated rings. The maximum Gasteiger partial charge on any atom is 0.0277 e. The van der Waals surface area contributed by atoms with E-state index in [0.717, 1.165) is 6.42 Å². The zero-order chi connectivity index (χ0) is 12.2. The molecule has 0 heterocycles. The van der Waals surface area contributed by atoms with Gasteiger partial charge in [0.15, 0.2) is 0 Å². The van der Waals surface area contributed by atoms with Crippen molar-refractivity contribution in [3.8, 4) is 12.3 Å². The van der Waals surface area contributed by atoms with Gasteiger partial charge in [0.25, 0.3) is 0 Å². The topological polar surface area (TPSA) is 12.4 Å². The summed E-state index contributed by atoms with van der Waals surface area (Å²) in [5.74, 6) is 2.25. The second-order valence-corrected chi connectivity index (χ2v) is 1.53. The van der Waals surface area contributed by atoms with Crippen molar-refractivity contribution in [2.24, 2.45) is 4.99 Å². The van der Waals surface area contributed by atoms with Crippen LogP contribution in [-0.2, 0) is 0 Å². The Bertz CT molecular complexity index is 127. The molecular weight excluding hydrogens is 170 g/mol. The molecule has 0 saturated heterocycles. The Balaban J connectivity index is -0.0000000603. The highest BCUT2D eigenvalue weighted by atomic mass is 14.6. The van der Waals surface area contributed by atoms with Crippen LogP contribution in [0.2, 0.25) is 0 Å². The van der Waals surface area contributed by atoms with Crippen molar-refractivity contribution in [3.63, 3.8) is 0 Å². The van der Waals surface area contributed by atoms with Crippen molar-refractivity contribution >= 4 is 6.21 Å². The highest BCUT2D eigenvalue weighted by Gasteiger charge is 1.58. The Morgan fingerprint density at radius 1 is 1.21 bits per heavy atom. The molecule has 1 heteroatoms. The first-order chi connectivity index (χ1) is 6.83. The van der Waals surface area contributed by atoms with Crippen LogP contribution >= 0.6 is 0 Å². The fourth-order valence-corrected chi connectivity index (χ4v) is 0.283. The molecule has 0 aliphatic carbocycles. The molecular formula is C13H27N. The van der Waals surface area contributed by atoms with E-state index in [1.807, 2.05) is 33.8 Å². The van der Waals surface area contributed by atoms with Gasteiger partial charge in [-0.05, 0) is 19.4 Å². The Labute approximate surface area is 91.3 Å². The minimum absolute atomic E-state index is 1.09. The van der Waals surface area contributed by atoms with Crippen molar-refractivity contribution in [2.45, 2.75) is 48.0 Å². The first kappa shape index (κ1) is 23.1. The lowest BCUT2D eigenvalue weighted by atomic mass is 10.4. The molecule has 0 radical (unpaired) electrons. The molecule has 0 atom stereocenters. The number of hydrogen-bond donors (Lipinski definition) is 0. The standard InChI is InChI=1S/C6H11N.C3H4.2C2H6/c1-3-4-5-6-7-2;1-3-2;2*1-2/h4-6H,3H2,1-2H3;1H,2H3;2*1-2H3/b5-4-,7-6?;;;. The summed E-state index contributed by atoms with van der Waals surface area (Å²) in [4.78, 5) is 3.76. The summed E-state index contributed by atoms with van der Waals surface area (Å²) in [6.45, 7) is 11.8. The highest BCUT2D eigenvalue weighted by molar-refractivity contribution is 5.70. The van der Waals surface area contributed by atoms with E-state index in [2.05, 4.69) is 30.3 Å². The van der Waals surface area contributed by atoms with E-state index in [1.54, 1.807) is 20.2 Å². The number of rotatable bonds is 2. The van der Waals surface area contributed by atoms with Crippen molar-refractivity contribution < 1.29 is 0 Å². The molecule has 0 aromatic rings. The van der Waals surface area contributed by atoms with E-state index in [0.29, 0.717) is 0 Å². The van der Waals surface area contributed by atoms with E-state index >= 15 is 0 Å². The number of aliphatic imine (C=N–C) groups is 1. The normalized spacial score (nSPS) is 7.29. The predicted molar refractivity (Wildman–Crippen MR) is 71.1 cm³/mol. The molecule has 0 bridgehead atoms. The molecule has 0 unspecified atom stereocenters. The largest absolute Gasteiger partial charge is 0.297 e.